The highest BCUT2D eigenvalue weighted by Crippen LogP contribution is 2.10. The van der Waals surface area contributed by atoms with Gasteiger partial charge in [-0.05, 0) is 27.7 Å². The lowest BCUT2D eigenvalue weighted by molar-refractivity contribution is -0.132. The minimum Gasteiger partial charge on any atom is -0.477 e. The molecule has 0 aromatic heterocycles. The van der Waals surface area contributed by atoms with Gasteiger partial charge in [-0.25, -0.2) is 4.79 Å². The van der Waals surface area contributed by atoms with Crippen LogP contribution >= 0.6 is 23.2 Å². The fraction of sp³-hybridized carbons (Fsp3) is 0.600. The van der Waals surface area contributed by atoms with E-state index in [1.54, 1.807) is 0 Å². The summed E-state index contributed by atoms with van der Waals surface area (Å²) in [6, 6.07) is 0. The van der Waals surface area contributed by atoms with Crippen LogP contribution in [-0.4, -0.2) is 29.6 Å². The van der Waals surface area contributed by atoms with Crippen LogP contribution in [-0.2, 0) is 14.3 Å². The quantitative estimate of drug-likeness (QED) is 0.630. The summed E-state index contributed by atoms with van der Waals surface area (Å²) in [7, 11) is 0. The molecule has 0 unspecified atom stereocenters. The number of allylic oxidation sites excluding steroid dienone is 1. The highest BCUT2D eigenvalue weighted by Gasteiger charge is 2.07. The molecule has 0 heterocycles. The molecule has 0 aromatic rings. The second kappa shape index (κ2) is 9.63. The van der Waals surface area contributed by atoms with Crippen LogP contribution in [0.25, 0.3) is 0 Å². The summed E-state index contributed by atoms with van der Waals surface area (Å²) in [6.45, 7) is 8.17. The van der Waals surface area contributed by atoms with Gasteiger partial charge in [-0.2, -0.15) is 0 Å². The number of ether oxygens (including phenoxy) is 1. The molecule has 16 heavy (non-hydrogen) atoms. The summed E-state index contributed by atoms with van der Waals surface area (Å²) >= 11 is 9.99. The third-order valence-corrected chi connectivity index (χ3v) is 1.79. The summed E-state index contributed by atoms with van der Waals surface area (Å²) < 4.78 is 5.25. The second-order valence-electron chi connectivity index (χ2n) is 3.32. The summed E-state index contributed by atoms with van der Waals surface area (Å²) in [5.74, 6) is -1.41. The number of hydrogen-bond donors (Lipinski definition) is 1. The smallest absolute Gasteiger partial charge is 0.348 e. The number of carbonyl (C=O) groups excluding carboxylic acids is 1. The Hall–Kier alpha value is -0.580. The molecule has 94 valence electrons. The van der Waals surface area contributed by atoms with Gasteiger partial charge in [0, 0.05) is 0 Å². The molecule has 0 aliphatic carbocycles. The average molecular weight is 271 g/mol. The third-order valence-electron chi connectivity index (χ3n) is 1.05. The SMILES string of the molecule is CC(C)OC(C)C.O=C/C(Cl)=C(/Cl)C(=O)O. The number of aldehydes is 1. The summed E-state index contributed by atoms with van der Waals surface area (Å²) in [4.78, 5) is 19.6. The van der Waals surface area contributed by atoms with Crippen molar-refractivity contribution in [1.82, 2.24) is 0 Å². The molecule has 0 radical (unpaired) electrons. The lowest BCUT2D eigenvalue weighted by Crippen LogP contribution is -2.09. The van der Waals surface area contributed by atoms with Gasteiger partial charge in [0.05, 0.1) is 12.2 Å². The molecule has 0 amide bonds. The van der Waals surface area contributed by atoms with Crippen LogP contribution in [0.5, 0.6) is 0 Å². The highest BCUT2D eigenvalue weighted by atomic mass is 35.5. The Morgan fingerprint density at radius 3 is 1.62 bits per heavy atom. The predicted octanol–water partition coefficient (Wildman–Crippen LogP) is 2.78. The normalized spacial score (nSPS) is 11.8. The Morgan fingerprint density at radius 1 is 1.19 bits per heavy atom. The van der Waals surface area contributed by atoms with Gasteiger partial charge in [0.15, 0.2) is 6.29 Å². The van der Waals surface area contributed by atoms with Gasteiger partial charge in [0.2, 0.25) is 0 Å². The van der Waals surface area contributed by atoms with E-state index >= 15 is 0 Å². The van der Waals surface area contributed by atoms with Crippen molar-refractivity contribution >= 4 is 35.5 Å². The Balaban J connectivity index is 0. The van der Waals surface area contributed by atoms with E-state index in [1.807, 2.05) is 27.7 Å². The molecule has 0 saturated heterocycles. The van der Waals surface area contributed by atoms with Crippen molar-refractivity contribution in [1.29, 1.82) is 0 Å². The monoisotopic (exact) mass is 270 g/mol. The van der Waals surface area contributed by atoms with Crippen LogP contribution in [0.1, 0.15) is 27.7 Å². The summed E-state index contributed by atoms with van der Waals surface area (Å²) in [5.41, 5.74) is 0. The van der Waals surface area contributed by atoms with E-state index in [1.165, 1.54) is 0 Å². The number of carboxylic acid groups (broad SMARTS) is 1. The molecule has 0 bridgehead atoms. The molecule has 0 spiro atoms. The van der Waals surface area contributed by atoms with Gasteiger partial charge < -0.3 is 9.84 Å². The van der Waals surface area contributed by atoms with Gasteiger partial charge in [0.25, 0.3) is 0 Å². The van der Waals surface area contributed by atoms with Gasteiger partial charge in [-0.15, -0.1) is 0 Å². The van der Waals surface area contributed by atoms with Crippen molar-refractivity contribution in [3.05, 3.63) is 10.1 Å². The van der Waals surface area contributed by atoms with Crippen molar-refractivity contribution < 1.29 is 19.4 Å². The first-order valence-corrected chi connectivity index (χ1v) is 5.37. The largest absolute Gasteiger partial charge is 0.477 e. The van der Waals surface area contributed by atoms with Crippen LogP contribution in [0.3, 0.4) is 0 Å². The van der Waals surface area contributed by atoms with E-state index < -0.39 is 16.0 Å². The van der Waals surface area contributed by atoms with Crippen molar-refractivity contribution in [3.8, 4) is 0 Å². The number of hydrogen-bond acceptors (Lipinski definition) is 3. The van der Waals surface area contributed by atoms with Gasteiger partial charge in [-0.3, -0.25) is 4.79 Å². The molecule has 0 rings (SSSR count). The van der Waals surface area contributed by atoms with Crippen molar-refractivity contribution in [3.63, 3.8) is 0 Å². The van der Waals surface area contributed by atoms with E-state index in [0.29, 0.717) is 12.2 Å². The minimum absolute atomic E-state index is 0.165. The lowest BCUT2D eigenvalue weighted by Gasteiger charge is -2.09. The molecular weight excluding hydrogens is 255 g/mol. The summed E-state index contributed by atoms with van der Waals surface area (Å²) in [6.07, 6.45) is 0.915. The first kappa shape index (κ1) is 17.8. The number of rotatable bonds is 4. The van der Waals surface area contributed by atoms with Crippen molar-refractivity contribution in [2.75, 3.05) is 0 Å². The van der Waals surface area contributed by atoms with Crippen LogP contribution in [0.2, 0.25) is 0 Å². The first-order valence-electron chi connectivity index (χ1n) is 4.61. The molecule has 0 aromatic carbocycles. The standard InChI is InChI=1S/C6H14O.C4H2Cl2O3/c1-5(2)7-6(3)4;5-2(1-7)3(6)4(8)9/h5-6H,1-4H3;1H,(H,8,9)/b;3-2-. The maximum atomic E-state index is 9.87. The second-order valence-corrected chi connectivity index (χ2v) is 4.10. The fourth-order valence-corrected chi connectivity index (χ4v) is 0.824. The summed E-state index contributed by atoms with van der Waals surface area (Å²) in [5, 5.41) is 6.89. The van der Waals surface area contributed by atoms with E-state index in [4.69, 9.17) is 33.0 Å². The zero-order chi connectivity index (χ0) is 13.3. The third kappa shape index (κ3) is 11.5. The molecule has 0 aliphatic rings. The molecule has 0 saturated carbocycles. The first-order chi connectivity index (χ1) is 7.22. The molecule has 0 aliphatic heterocycles. The van der Waals surface area contributed by atoms with Crippen LogP contribution in [0, 0.1) is 0 Å². The van der Waals surface area contributed by atoms with Gasteiger partial charge >= 0.3 is 5.97 Å². The lowest BCUT2D eigenvalue weighted by atomic mass is 10.4. The highest BCUT2D eigenvalue weighted by molar-refractivity contribution is 6.51. The molecule has 0 atom stereocenters. The zero-order valence-electron chi connectivity index (χ0n) is 9.66. The Morgan fingerprint density at radius 2 is 1.56 bits per heavy atom. The Labute approximate surface area is 105 Å². The van der Waals surface area contributed by atoms with E-state index in [0.717, 1.165) is 0 Å². The van der Waals surface area contributed by atoms with E-state index in [2.05, 4.69) is 0 Å². The number of carboxylic acids is 1. The molecule has 6 heteroatoms. The maximum absolute atomic E-state index is 9.87. The van der Waals surface area contributed by atoms with Gasteiger partial charge in [-0.1, -0.05) is 23.2 Å². The maximum Gasteiger partial charge on any atom is 0.348 e. The molecule has 0 fully saturated rings. The predicted molar refractivity (Wildman–Crippen MR) is 63.8 cm³/mol. The molecule has 1 N–H and O–H groups in total. The van der Waals surface area contributed by atoms with Crippen molar-refractivity contribution in [2.45, 2.75) is 39.9 Å². The van der Waals surface area contributed by atoms with Gasteiger partial charge in [0.1, 0.15) is 10.1 Å². The number of aliphatic carboxylic acids is 1. The van der Waals surface area contributed by atoms with Crippen molar-refractivity contribution in [2.24, 2.45) is 0 Å². The Kier molecular flexibility index (Phi) is 10.7. The van der Waals surface area contributed by atoms with E-state index in [-0.39, 0.29) is 6.29 Å². The topological polar surface area (TPSA) is 63.6 Å². The number of halogens is 2. The zero-order valence-corrected chi connectivity index (χ0v) is 11.2. The molecule has 4 nitrogen and oxygen atoms in total. The average Bonchev–Trinajstić information content (AvgIpc) is 2.14. The van der Waals surface area contributed by atoms with Crippen LogP contribution < -0.4 is 0 Å². The van der Waals surface area contributed by atoms with Crippen LogP contribution in [0.4, 0.5) is 0 Å². The fourth-order valence-electron chi connectivity index (χ4n) is 0.698. The minimum atomic E-state index is -1.41. The van der Waals surface area contributed by atoms with E-state index in [9.17, 15) is 9.59 Å². The number of carbonyl (C=O) groups is 2. The molecular formula is C10H16Cl2O4. The van der Waals surface area contributed by atoms with Crippen LogP contribution in [0.15, 0.2) is 10.1 Å². The Bertz CT molecular complexity index is 254.